The molecule has 0 aliphatic carbocycles. The van der Waals surface area contributed by atoms with Gasteiger partial charge in [-0.25, -0.2) is 0 Å². The number of aromatic hydroxyl groups is 1. The van der Waals surface area contributed by atoms with Crippen LogP contribution in [0.2, 0.25) is 0 Å². The summed E-state index contributed by atoms with van der Waals surface area (Å²) in [7, 11) is 1.64. The van der Waals surface area contributed by atoms with Gasteiger partial charge in [0.2, 0.25) is 5.91 Å². The second-order valence-electron chi connectivity index (χ2n) is 2.67. The van der Waals surface area contributed by atoms with Crippen LogP contribution in [0.5, 0.6) is 5.75 Å². The lowest BCUT2D eigenvalue weighted by Crippen LogP contribution is -2.32. The molecule has 4 heteroatoms. The van der Waals surface area contributed by atoms with Gasteiger partial charge in [-0.1, -0.05) is 0 Å². The number of phenols is 1. The van der Waals surface area contributed by atoms with Gasteiger partial charge in [0.15, 0.2) is 0 Å². The number of hydrogen-bond acceptors (Lipinski definition) is 3. The third-order valence-electron chi connectivity index (χ3n) is 1.79. The fraction of sp³-hybridized carbons (Fsp3) is 0.222. The Morgan fingerprint density at radius 2 is 2.00 bits per heavy atom. The molecule has 1 aromatic carbocycles. The van der Waals surface area contributed by atoms with Gasteiger partial charge in [0, 0.05) is 12.7 Å². The number of anilines is 1. The molecule has 1 rings (SSSR count). The van der Waals surface area contributed by atoms with Crippen molar-refractivity contribution in [2.24, 2.45) is 5.73 Å². The summed E-state index contributed by atoms with van der Waals surface area (Å²) < 4.78 is 0. The van der Waals surface area contributed by atoms with Gasteiger partial charge in [-0.2, -0.15) is 0 Å². The van der Waals surface area contributed by atoms with Crippen LogP contribution in [0.3, 0.4) is 0 Å². The van der Waals surface area contributed by atoms with Gasteiger partial charge in [-0.3, -0.25) is 4.79 Å². The van der Waals surface area contributed by atoms with Crippen molar-refractivity contribution in [3.05, 3.63) is 24.3 Å². The highest BCUT2D eigenvalue weighted by Crippen LogP contribution is 2.16. The molecule has 0 heterocycles. The minimum Gasteiger partial charge on any atom is -0.508 e. The van der Waals surface area contributed by atoms with E-state index in [9.17, 15) is 4.79 Å². The van der Waals surface area contributed by atoms with E-state index >= 15 is 0 Å². The van der Waals surface area contributed by atoms with E-state index in [2.05, 4.69) is 0 Å². The molecule has 13 heavy (non-hydrogen) atoms. The predicted molar refractivity (Wildman–Crippen MR) is 50.6 cm³/mol. The highest BCUT2D eigenvalue weighted by Gasteiger charge is 2.07. The topological polar surface area (TPSA) is 66.6 Å². The van der Waals surface area contributed by atoms with Crippen molar-refractivity contribution >= 4 is 11.6 Å². The largest absolute Gasteiger partial charge is 0.508 e. The summed E-state index contributed by atoms with van der Waals surface area (Å²) in [6.45, 7) is -0.0165. The van der Waals surface area contributed by atoms with E-state index in [-0.39, 0.29) is 18.2 Å². The van der Waals surface area contributed by atoms with Crippen LogP contribution in [-0.4, -0.2) is 24.6 Å². The van der Waals surface area contributed by atoms with Crippen molar-refractivity contribution in [3.63, 3.8) is 0 Å². The van der Waals surface area contributed by atoms with E-state index in [1.807, 2.05) is 0 Å². The number of likely N-dealkylation sites (N-methyl/N-ethyl adjacent to an activating group) is 1. The SMILES string of the molecule is CN(C(=O)CN)c1ccc(O)cc1. The summed E-state index contributed by atoms with van der Waals surface area (Å²) in [5.74, 6) is 0.0167. The Balaban J connectivity index is 2.83. The van der Waals surface area contributed by atoms with Gasteiger partial charge >= 0.3 is 0 Å². The first-order valence-electron chi connectivity index (χ1n) is 3.91. The summed E-state index contributed by atoms with van der Waals surface area (Å²) in [5, 5.41) is 9.01. The molecule has 70 valence electrons. The molecule has 0 aromatic heterocycles. The summed E-state index contributed by atoms with van der Waals surface area (Å²) in [6.07, 6.45) is 0. The van der Waals surface area contributed by atoms with Crippen LogP contribution in [0.15, 0.2) is 24.3 Å². The highest BCUT2D eigenvalue weighted by molar-refractivity contribution is 5.94. The Hall–Kier alpha value is -1.55. The number of carbonyl (C=O) groups is 1. The van der Waals surface area contributed by atoms with Crippen molar-refractivity contribution in [2.45, 2.75) is 0 Å². The molecular weight excluding hydrogens is 168 g/mol. The molecule has 0 unspecified atom stereocenters. The van der Waals surface area contributed by atoms with Crippen LogP contribution in [-0.2, 0) is 4.79 Å². The van der Waals surface area contributed by atoms with Gasteiger partial charge in [-0.15, -0.1) is 0 Å². The maximum atomic E-state index is 11.1. The second kappa shape index (κ2) is 3.91. The first-order chi connectivity index (χ1) is 6.15. The van der Waals surface area contributed by atoms with Crippen molar-refractivity contribution in [2.75, 3.05) is 18.5 Å². The molecule has 3 N–H and O–H groups in total. The Labute approximate surface area is 76.6 Å². The van der Waals surface area contributed by atoms with E-state index in [1.165, 1.54) is 17.0 Å². The molecule has 4 nitrogen and oxygen atoms in total. The summed E-state index contributed by atoms with van der Waals surface area (Å²) >= 11 is 0. The Bertz CT molecular complexity index is 295. The minimum atomic E-state index is -0.161. The maximum Gasteiger partial charge on any atom is 0.240 e. The van der Waals surface area contributed by atoms with Gasteiger partial charge in [0.05, 0.1) is 6.54 Å². The summed E-state index contributed by atoms with van der Waals surface area (Å²) in [4.78, 5) is 12.6. The molecule has 1 aromatic rings. The number of phenolic OH excluding ortho intramolecular Hbond substituents is 1. The molecule has 0 radical (unpaired) electrons. The van der Waals surface area contributed by atoms with Gasteiger partial charge < -0.3 is 15.7 Å². The normalized spacial score (nSPS) is 9.69. The highest BCUT2D eigenvalue weighted by atomic mass is 16.3. The van der Waals surface area contributed by atoms with Crippen molar-refractivity contribution < 1.29 is 9.90 Å². The number of amides is 1. The lowest BCUT2D eigenvalue weighted by Gasteiger charge is -2.15. The van der Waals surface area contributed by atoms with E-state index in [1.54, 1.807) is 19.2 Å². The van der Waals surface area contributed by atoms with Crippen molar-refractivity contribution in [1.29, 1.82) is 0 Å². The fourth-order valence-corrected chi connectivity index (χ4v) is 0.957. The summed E-state index contributed by atoms with van der Waals surface area (Å²) in [5.41, 5.74) is 5.92. The molecule has 0 aliphatic rings. The zero-order chi connectivity index (χ0) is 9.84. The van der Waals surface area contributed by atoms with E-state index in [0.29, 0.717) is 5.69 Å². The van der Waals surface area contributed by atoms with E-state index in [0.717, 1.165) is 0 Å². The molecule has 0 aliphatic heterocycles. The molecule has 0 saturated heterocycles. The minimum absolute atomic E-state index is 0.0165. The molecular formula is C9H12N2O2. The third kappa shape index (κ3) is 2.19. The zero-order valence-electron chi connectivity index (χ0n) is 7.40. The van der Waals surface area contributed by atoms with Crippen LogP contribution >= 0.6 is 0 Å². The Morgan fingerprint density at radius 3 is 2.46 bits per heavy atom. The number of benzene rings is 1. The molecule has 0 fully saturated rings. The van der Waals surface area contributed by atoms with Gasteiger partial charge in [0.25, 0.3) is 0 Å². The quantitative estimate of drug-likeness (QED) is 0.688. The maximum absolute atomic E-state index is 11.1. The smallest absolute Gasteiger partial charge is 0.240 e. The first-order valence-corrected chi connectivity index (χ1v) is 3.91. The van der Waals surface area contributed by atoms with E-state index < -0.39 is 0 Å². The van der Waals surface area contributed by atoms with Crippen molar-refractivity contribution in [3.8, 4) is 5.75 Å². The lowest BCUT2D eigenvalue weighted by molar-refractivity contribution is -0.117. The number of nitrogens with zero attached hydrogens (tertiary/aromatic N) is 1. The molecule has 0 bridgehead atoms. The molecule has 0 atom stereocenters. The molecule has 0 spiro atoms. The van der Waals surface area contributed by atoms with Crippen LogP contribution in [0.4, 0.5) is 5.69 Å². The van der Waals surface area contributed by atoms with Gasteiger partial charge in [-0.05, 0) is 24.3 Å². The average molecular weight is 180 g/mol. The predicted octanol–water partition coefficient (Wildman–Crippen LogP) is 0.314. The number of nitrogens with two attached hydrogens (primary N) is 1. The first kappa shape index (κ1) is 9.54. The van der Waals surface area contributed by atoms with Crippen LogP contribution in [0, 0.1) is 0 Å². The van der Waals surface area contributed by atoms with Crippen LogP contribution in [0.25, 0.3) is 0 Å². The molecule has 0 saturated carbocycles. The van der Waals surface area contributed by atoms with E-state index in [4.69, 9.17) is 10.8 Å². The lowest BCUT2D eigenvalue weighted by atomic mass is 10.3. The fourth-order valence-electron chi connectivity index (χ4n) is 0.957. The standard InChI is InChI=1S/C9H12N2O2/c1-11(9(13)6-10)7-2-4-8(12)5-3-7/h2-5,12H,6,10H2,1H3. The number of rotatable bonds is 2. The third-order valence-corrected chi connectivity index (χ3v) is 1.79. The number of hydrogen-bond donors (Lipinski definition) is 2. The van der Waals surface area contributed by atoms with Crippen molar-refractivity contribution in [1.82, 2.24) is 0 Å². The average Bonchev–Trinajstić information content (AvgIpc) is 2.17. The molecule has 1 amide bonds. The Morgan fingerprint density at radius 1 is 1.46 bits per heavy atom. The summed E-state index contributed by atoms with van der Waals surface area (Å²) in [6, 6.07) is 6.36. The van der Waals surface area contributed by atoms with Crippen LogP contribution in [0.1, 0.15) is 0 Å². The second-order valence-corrected chi connectivity index (χ2v) is 2.67. The van der Waals surface area contributed by atoms with Crippen LogP contribution < -0.4 is 10.6 Å². The number of carbonyl (C=O) groups excluding carboxylic acids is 1. The zero-order valence-corrected chi connectivity index (χ0v) is 7.40. The Kier molecular flexibility index (Phi) is 2.87. The van der Waals surface area contributed by atoms with Gasteiger partial charge in [0.1, 0.15) is 5.75 Å². The monoisotopic (exact) mass is 180 g/mol.